The number of aryl methyl sites for hydroxylation is 1. The van der Waals surface area contributed by atoms with Crippen LogP contribution in [0.2, 0.25) is 0 Å². The van der Waals surface area contributed by atoms with Crippen molar-refractivity contribution in [2.24, 2.45) is 5.92 Å². The number of rotatable bonds is 9. The van der Waals surface area contributed by atoms with Crippen molar-refractivity contribution in [2.75, 3.05) is 0 Å². The molecule has 2 aromatic rings. The average molecular weight is 472 g/mol. The van der Waals surface area contributed by atoms with Crippen molar-refractivity contribution in [3.63, 3.8) is 0 Å². The van der Waals surface area contributed by atoms with E-state index in [0.29, 0.717) is 17.7 Å². The smallest absolute Gasteiger partial charge is 0.327 e. The van der Waals surface area contributed by atoms with Crippen LogP contribution in [0, 0.1) is 5.92 Å². The van der Waals surface area contributed by atoms with Gasteiger partial charge in [-0.1, -0.05) is 30.3 Å². The van der Waals surface area contributed by atoms with Gasteiger partial charge in [0.15, 0.2) is 5.78 Å². The lowest BCUT2D eigenvalue weighted by molar-refractivity contribution is -0.164. The Balaban J connectivity index is 1.45. The van der Waals surface area contributed by atoms with Gasteiger partial charge in [-0.15, -0.1) is 11.8 Å². The Morgan fingerprint density at radius 3 is 2.64 bits per heavy atom. The molecule has 174 valence electrons. The average Bonchev–Trinajstić information content (AvgIpc) is 3.38. The van der Waals surface area contributed by atoms with Gasteiger partial charge in [-0.3, -0.25) is 14.4 Å². The number of benzene rings is 1. The molecule has 0 unspecified atom stereocenters. The SMILES string of the molecule is CC1(C)S[C@@H]2[C@H](CC(=O)[C@H](NC(=O)CCc3cn[nH]n3)c3ccccc3)C(=O)N2[C@H]1C(=O)O. The van der Waals surface area contributed by atoms with Gasteiger partial charge in [0, 0.05) is 24.0 Å². The van der Waals surface area contributed by atoms with E-state index in [4.69, 9.17) is 0 Å². The number of H-pyrrole nitrogens is 1. The Morgan fingerprint density at radius 1 is 1.27 bits per heavy atom. The van der Waals surface area contributed by atoms with Gasteiger partial charge in [0.1, 0.15) is 12.1 Å². The van der Waals surface area contributed by atoms with Crippen LogP contribution in [-0.2, 0) is 25.6 Å². The monoisotopic (exact) mass is 471 g/mol. The van der Waals surface area contributed by atoms with Crippen molar-refractivity contribution >= 4 is 35.3 Å². The van der Waals surface area contributed by atoms with Gasteiger partial charge in [0.25, 0.3) is 0 Å². The zero-order valence-corrected chi connectivity index (χ0v) is 19.0. The first kappa shape index (κ1) is 23.0. The highest BCUT2D eigenvalue weighted by Gasteiger charge is 2.63. The second-order valence-corrected chi connectivity index (χ2v) is 10.5. The molecule has 4 atom stereocenters. The quantitative estimate of drug-likeness (QED) is 0.464. The lowest BCUT2D eigenvalue weighted by Gasteiger charge is -2.43. The first-order valence-electron chi connectivity index (χ1n) is 10.6. The van der Waals surface area contributed by atoms with Crippen LogP contribution < -0.4 is 5.32 Å². The van der Waals surface area contributed by atoms with E-state index in [1.807, 2.05) is 6.07 Å². The molecule has 11 heteroatoms. The van der Waals surface area contributed by atoms with E-state index >= 15 is 0 Å². The molecule has 0 aliphatic carbocycles. The molecule has 2 aliphatic rings. The summed E-state index contributed by atoms with van der Waals surface area (Å²) in [5, 5.41) is 22.1. The molecular formula is C22H25N5O5S. The number of Topliss-reactive ketones (excluding diaryl/α,β-unsaturated/α-hetero) is 1. The fraction of sp³-hybridized carbons (Fsp3) is 0.455. The van der Waals surface area contributed by atoms with Crippen molar-refractivity contribution in [1.82, 2.24) is 25.6 Å². The first-order chi connectivity index (χ1) is 15.7. The summed E-state index contributed by atoms with van der Waals surface area (Å²) in [5.74, 6) is -2.59. The van der Waals surface area contributed by atoms with Crippen molar-refractivity contribution < 1.29 is 24.3 Å². The summed E-state index contributed by atoms with van der Waals surface area (Å²) in [6.45, 7) is 3.59. The maximum atomic E-state index is 13.3. The zero-order chi connectivity index (χ0) is 23.8. The van der Waals surface area contributed by atoms with Gasteiger partial charge in [0.05, 0.1) is 23.2 Å². The van der Waals surface area contributed by atoms with Crippen LogP contribution in [-0.4, -0.2) is 65.1 Å². The summed E-state index contributed by atoms with van der Waals surface area (Å²) in [6.07, 6.45) is 1.97. The summed E-state index contributed by atoms with van der Waals surface area (Å²) in [7, 11) is 0. The number of nitrogens with zero attached hydrogens (tertiary/aromatic N) is 3. The fourth-order valence-electron chi connectivity index (χ4n) is 4.43. The highest BCUT2D eigenvalue weighted by molar-refractivity contribution is 8.01. The van der Waals surface area contributed by atoms with Crippen molar-refractivity contribution in [1.29, 1.82) is 0 Å². The molecule has 0 spiro atoms. The minimum Gasteiger partial charge on any atom is -0.480 e. The summed E-state index contributed by atoms with van der Waals surface area (Å²) in [6, 6.07) is 7.06. The van der Waals surface area contributed by atoms with E-state index in [9.17, 15) is 24.3 Å². The number of ketones is 1. The van der Waals surface area contributed by atoms with Crippen LogP contribution in [0.15, 0.2) is 36.5 Å². The molecule has 1 aromatic carbocycles. The predicted molar refractivity (Wildman–Crippen MR) is 119 cm³/mol. The molecule has 0 saturated carbocycles. The standard InChI is InChI=1S/C22H25N5O5S/c1-22(2)18(21(31)32)27-19(30)14(20(27)33-22)10-15(28)17(12-6-4-3-5-7-12)24-16(29)9-8-13-11-23-26-25-13/h3-7,11,14,17-18,20H,8-10H2,1-2H3,(H,24,29)(H,31,32)(H,23,25,26)/t14-,17-,18+,20-/m1/s1. The Hall–Kier alpha value is -3.21. The number of β-lactam (4-membered cyclic amide) rings is 1. The molecule has 0 radical (unpaired) electrons. The molecule has 1 aromatic heterocycles. The number of nitrogens with one attached hydrogen (secondary N) is 2. The summed E-state index contributed by atoms with van der Waals surface area (Å²) < 4.78 is -0.655. The third kappa shape index (κ3) is 4.50. The van der Waals surface area contributed by atoms with E-state index in [-0.39, 0.29) is 35.8 Å². The van der Waals surface area contributed by atoms with Gasteiger partial charge in [-0.05, 0) is 19.4 Å². The largest absolute Gasteiger partial charge is 0.480 e. The second-order valence-electron chi connectivity index (χ2n) is 8.75. The fourth-order valence-corrected chi connectivity index (χ4v) is 6.11. The number of aromatic amines is 1. The Labute approximate surface area is 194 Å². The second kappa shape index (κ2) is 8.97. The molecular weight excluding hydrogens is 446 g/mol. The number of thioether (sulfide) groups is 1. The highest BCUT2D eigenvalue weighted by atomic mass is 32.2. The van der Waals surface area contributed by atoms with E-state index in [1.165, 1.54) is 22.9 Å². The zero-order valence-electron chi connectivity index (χ0n) is 18.2. The Morgan fingerprint density at radius 2 is 2.00 bits per heavy atom. The van der Waals surface area contributed by atoms with Gasteiger partial charge in [-0.25, -0.2) is 4.79 Å². The number of hydrogen-bond acceptors (Lipinski definition) is 7. The number of fused-ring (bicyclic) bond motifs is 1. The lowest BCUT2D eigenvalue weighted by Crippen LogP contribution is -2.63. The van der Waals surface area contributed by atoms with Crippen LogP contribution in [0.4, 0.5) is 0 Å². The first-order valence-corrected chi connectivity index (χ1v) is 11.5. The maximum absolute atomic E-state index is 13.3. The van der Waals surface area contributed by atoms with Crippen molar-refractivity contribution in [3.8, 4) is 0 Å². The van der Waals surface area contributed by atoms with Gasteiger partial charge < -0.3 is 15.3 Å². The van der Waals surface area contributed by atoms with E-state index < -0.39 is 28.7 Å². The number of amides is 2. The highest BCUT2D eigenvalue weighted by Crippen LogP contribution is 2.54. The van der Waals surface area contributed by atoms with Gasteiger partial charge >= 0.3 is 5.97 Å². The third-order valence-corrected chi connectivity index (χ3v) is 7.67. The van der Waals surface area contributed by atoms with E-state index in [0.717, 1.165) is 0 Å². The number of aromatic nitrogens is 3. The Bertz CT molecular complexity index is 1060. The van der Waals surface area contributed by atoms with E-state index in [1.54, 1.807) is 38.1 Å². The molecule has 3 heterocycles. The number of carboxylic acids is 1. The van der Waals surface area contributed by atoms with E-state index in [2.05, 4.69) is 20.7 Å². The van der Waals surface area contributed by atoms with Gasteiger partial charge in [0.2, 0.25) is 11.8 Å². The normalized spacial score (nSPS) is 24.0. The number of hydrogen-bond donors (Lipinski definition) is 3. The number of carboxylic acid groups (broad SMARTS) is 1. The third-order valence-electron chi connectivity index (χ3n) is 6.04. The molecule has 10 nitrogen and oxygen atoms in total. The number of carbonyl (C=O) groups is 4. The minimum absolute atomic E-state index is 0.0709. The predicted octanol–water partition coefficient (Wildman–Crippen LogP) is 1.32. The summed E-state index contributed by atoms with van der Waals surface area (Å²) in [4.78, 5) is 51.7. The van der Waals surface area contributed by atoms with Gasteiger partial charge in [-0.2, -0.15) is 15.4 Å². The molecule has 33 heavy (non-hydrogen) atoms. The topological polar surface area (TPSA) is 145 Å². The number of carbonyl (C=O) groups excluding carboxylic acids is 3. The van der Waals surface area contributed by atoms with Crippen molar-refractivity contribution in [2.45, 2.75) is 55.3 Å². The lowest BCUT2D eigenvalue weighted by atomic mass is 9.86. The summed E-state index contributed by atoms with van der Waals surface area (Å²) >= 11 is 1.40. The maximum Gasteiger partial charge on any atom is 0.327 e. The molecule has 4 rings (SSSR count). The Kier molecular flexibility index (Phi) is 6.24. The van der Waals surface area contributed by atoms with Crippen molar-refractivity contribution in [3.05, 3.63) is 47.8 Å². The minimum atomic E-state index is -1.05. The molecule has 2 aliphatic heterocycles. The molecule has 0 bridgehead atoms. The molecule has 2 fully saturated rings. The van der Waals surface area contributed by atoms with Crippen LogP contribution >= 0.6 is 11.8 Å². The molecule has 2 saturated heterocycles. The summed E-state index contributed by atoms with van der Waals surface area (Å²) in [5.41, 5.74) is 1.27. The number of aliphatic carboxylic acids is 1. The molecule has 2 amide bonds. The van der Waals surface area contributed by atoms with Crippen LogP contribution in [0.5, 0.6) is 0 Å². The van der Waals surface area contributed by atoms with Crippen LogP contribution in [0.25, 0.3) is 0 Å². The van der Waals surface area contributed by atoms with Crippen LogP contribution in [0.3, 0.4) is 0 Å². The molecule has 3 N–H and O–H groups in total. The van der Waals surface area contributed by atoms with Crippen LogP contribution in [0.1, 0.15) is 44.0 Å².